The number of fused-ring (bicyclic) bond motifs is 1. The largest absolute Gasteiger partial charge is 0.356 e. The summed E-state index contributed by atoms with van der Waals surface area (Å²) in [4.78, 5) is 16.4. The van der Waals surface area contributed by atoms with Gasteiger partial charge in [0.25, 0.3) is 5.91 Å². The molecule has 1 aliphatic heterocycles. The van der Waals surface area contributed by atoms with Crippen LogP contribution >= 0.6 is 39.3 Å². The molecule has 0 fully saturated rings. The van der Waals surface area contributed by atoms with E-state index in [0.29, 0.717) is 10.7 Å². The van der Waals surface area contributed by atoms with E-state index in [4.69, 9.17) is 11.6 Å². The van der Waals surface area contributed by atoms with Crippen LogP contribution in [-0.2, 0) is 0 Å². The Morgan fingerprint density at radius 3 is 3.05 bits per heavy atom. The highest BCUT2D eigenvalue weighted by Gasteiger charge is 2.23. The topological polar surface area (TPSA) is 44.9 Å². The van der Waals surface area contributed by atoms with Crippen LogP contribution in [0.3, 0.4) is 0 Å². The minimum absolute atomic E-state index is 0.0134. The lowest BCUT2D eigenvalue weighted by atomic mass is 10.0. The van der Waals surface area contributed by atoms with Gasteiger partial charge >= 0.3 is 0 Å². The molecule has 1 aliphatic rings. The van der Waals surface area contributed by atoms with E-state index in [1.54, 1.807) is 24.0 Å². The van der Waals surface area contributed by atoms with Crippen molar-refractivity contribution in [1.82, 2.24) is 10.3 Å². The Labute approximate surface area is 134 Å². The Kier molecular flexibility index (Phi) is 4.10. The second kappa shape index (κ2) is 5.84. The molecular weight excluding hydrogens is 360 g/mol. The van der Waals surface area contributed by atoms with Crippen molar-refractivity contribution < 1.29 is 4.79 Å². The van der Waals surface area contributed by atoms with Crippen molar-refractivity contribution in [1.29, 1.82) is 0 Å². The first kappa shape index (κ1) is 14.0. The molecule has 6 heteroatoms. The van der Waals surface area contributed by atoms with Crippen molar-refractivity contribution in [2.75, 3.05) is 5.75 Å². The first-order valence-electron chi connectivity index (χ1n) is 6.20. The normalized spacial score (nSPS) is 17.6. The molecule has 1 aromatic carbocycles. The van der Waals surface area contributed by atoms with Crippen LogP contribution < -0.4 is 5.32 Å². The zero-order chi connectivity index (χ0) is 14.1. The number of aromatic nitrogens is 1. The first-order valence-corrected chi connectivity index (χ1v) is 8.36. The van der Waals surface area contributed by atoms with Gasteiger partial charge in [-0.25, -0.2) is 0 Å². The number of hydrogen-bond donors (Lipinski definition) is 2. The lowest BCUT2D eigenvalue weighted by molar-refractivity contribution is 0.0930. The van der Waals surface area contributed by atoms with Crippen LogP contribution in [0.5, 0.6) is 0 Å². The highest BCUT2D eigenvalue weighted by Crippen LogP contribution is 2.37. The number of amides is 1. The van der Waals surface area contributed by atoms with Gasteiger partial charge < -0.3 is 10.3 Å². The van der Waals surface area contributed by atoms with Crippen LogP contribution in [0.4, 0.5) is 0 Å². The van der Waals surface area contributed by atoms with Crippen molar-refractivity contribution in [3.63, 3.8) is 0 Å². The number of thioether (sulfide) groups is 1. The van der Waals surface area contributed by atoms with Crippen LogP contribution in [0.15, 0.2) is 39.8 Å². The number of nitrogens with one attached hydrogen (secondary N) is 2. The SMILES string of the molecule is O=C(NC1CCSc2ccc(Cl)cc21)c1cc(Br)c[nH]1. The lowest BCUT2D eigenvalue weighted by Crippen LogP contribution is -2.30. The molecule has 3 rings (SSSR count). The summed E-state index contributed by atoms with van der Waals surface area (Å²) in [6.07, 6.45) is 2.65. The summed E-state index contributed by atoms with van der Waals surface area (Å²) in [6, 6.07) is 7.63. The summed E-state index contributed by atoms with van der Waals surface area (Å²) in [5.74, 6) is 0.895. The summed E-state index contributed by atoms with van der Waals surface area (Å²) in [6.45, 7) is 0. The number of halogens is 2. The van der Waals surface area contributed by atoms with Crippen molar-refractivity contribution in [2.24, 2.45) is 0 Å². The molecule has 0 bridgehead atoms. The zero-order valence-corrected chi connectivity index (χ0v) is 13.6. The summed E-state index contributed by atoms with van der Waals surface area (Å²) in [7, 11) is 0. The van der Waals surface area contributed by atoms with Crippen LogP contribution in [-0.4, -0.2) is 16.6 Å². The van der Waals surface area contributed by atoms with Crippen molar-refractivity contribution in [3.05, 3.63) is 51.2 Å². The Morgan fingerprint density at radius 1 is 1.45 bits per heavy atom. The maximum Gasteiger partial charge on any atom is 0.268 e. The predicted octanol–water partition coefficient (Wildman–Crippen LogP) is 4.40. The molecule has 2 heterocycles. The molecule has 1 amide bonds. The molecule has 104 valence electrons. The van der Waals surface area contributed by atoms with E-state index in [0.717, 1.165) is 22.2 Å². The van der Waals surface area contributed by atoms with Gasteiger partial charge in [-0.05, 0) is 52.2 Å². The standard InChI is InChI=1S/C14H12BrClN2OS/c15-8-5-12(17-7-8)14(19)18-11-3-4-20-13-2-1-9(16)6-10(11)13/h1-2,5-7,11,17H,3-4H2,(H,18,19). The average molecular weight is 372 g/mol. The second-order valence-corrected chi connectivity index (χ2v) is 7.07. The molecule has 1 aromatic heterocycles. The summed E-state index contributed by atoms with van der Waals surface area (Å²) in [5.41, 5.74) is 1.66. The molecule has 0 spiro atoms. The molecule has 1 atom stereocenters. The Balaban J connectivity index is 1.82. The van der Waals surface area contributed by atoms with Gasteiger partial charge in [0.15, 0.2) is 0 Å². The van der Waals surface area contributed by atoms with Crippen LogP contribution in [0.1, 0.15) is 28.5 Å². The molecule has 2 N–H and O–H groups in total. The zero-order valence-electron chi connectivity index (χ0n) is 10.5. The van der Waals surface area contributed by atoms with Crippen molar-refractivity contribution in [2.45, 2.75) is 17.4 Å². The van der Waals surface area contributed by atoms with Gasteiger partial charge in [0.1, 0.15) is 5.69 Å². The maximum atomic E-state index is 12.2. The third kappa shape index (κ3) is 2.90. The highest BCUT2D eigenvalue weighted by atomic mass is 79.9. The van der Waals surface area contributed by atoms with Gasteiger partial charge in [0.2, 0.25) is 0 Å². The van der Waals surface area contributed by atoms with E-state index in [1.807, 2.05) is 18.2 Å². The number of aromatic amines is 1. The van der Waals surface area contributed by atoms with Gasteiger partial charge in [0.05, 0.1) is 6.04 Å². The Bertz CT molecular complexity index is 658. The molecule has 20 heavy (non-hydrogen) atoms. The van der Waals surface area contributed by atoms with Gasteiger partial charge in [-0.3, -0.25) is 4.79 Å². The summed E-state index contributed by atoms with van der Waals surface area (Å²) in [5, 5.41) is 3.77. The van der Waals surface area contributed by atoms with Crippen LogP contribution in [0.25, 0.3) is 0 Å². The number of hydrogen-bond acceptors (Lipinski definition) is 2. The average Bonchev–Trinajstić information content (AvgIpc) is 2.86. The quantitative estimate of drug-likeness (QED) is 0.822. The van der Waals surface area contributed by atoms with E-state index in [9.17, 15) is 4.79 Å². The van der Waals surface area contributed by atoms with E-state index in [-0.39, 0.29) is 11.9 Å². The van der Waals surface area contributed by atoms with E-state index < -0.39 is 0 Å². The van der Waals surface area contributed by atoms with Crippen LogP contribution in [0.2, 0.25) is 5.02 Å². The number of rotatable bonds is 2. The maximum absolute atomic E-state index is 12.2. The van der Waals surface area contributed by atoms with Crippen LogP contribution in [0, 0.1) is 0 Å². The number of carbonyl (C=O) groups is 1. The third-order valence-corrected chi connectivity index (χ3v) is 5.02. The van der Waals surface area contributed by atoms with Crippen molar-refractivity contribution >= 4 is 45.2 Å². The lowest BCUT2D eigenvalue weighted by Gasteiger charge is -2.26. The fraction of sp³-hybridized carbons (Fsp3) is 0.214. The summed E-state index contributed by atoms with van der Waals surface area (Å²) < 4.78 is 0.866. The molecular formula is C14H12BrClN2OS. The Morgan fingerprint density at radius 2 is 2.30 bits per heavy atom. The van der Waals surface area contributed by atoms with Gasteiger partial charge in [0, 0.05) is 26.3 Å². The second-order valence-electron chi connectivity index (χ2n) is 4.58. The number of H-pyrrole nitrogens is 1. The summed E-state index contributed by atoms with van der Waals surface area (Å²) >= 11 is 11.2. The molecule has 2 aromatic rings. The van der Waals surface area contributed by atoms with E-state index in [2.05, 4.69) is 26.2 Å². The molecule has 0 radical (unpaired) electrons. The van der Waals surface area contributed by atoms with Crippen molar-refractivity contribution in [3.8, 4) is 0 Å². The minimum Gasteiger partial charge on any atom is -0.356 e. The molecule has 0 aliphatic carbocycles. The van der Waals surface area contributed by atoms with Gasteiger partial charge in [-0.15, -0.1) is 11.8 Å². The van der Waals surface area contributed by atoms with Gasteiger partial charge in [-0.1, -0.05) is 11.6 Å². The monoisotopic (exact) mass is 370 g/mol. The third-order valence-electron chi connectivity index (χ3n) is 3.21. The predicted molar refractivity (Wildman–Crippen MR) is 85.5 cm³/mol. The minimum atomic E-state index is -0.0986. The van der Waals surface area contributed by atoms with E-state index in [1.165, 1.54) is 4.90 Å². The van der Waals surface area contributed by atoms with E-state index >= 15 is 0 Å². The molecule has 1 unspecified atom stereocenters. The fourth-order valence-electron chi connectivity index (χ4n) is 2.25. The molecule has 0 saturated heterocycles. The smallest absolute Gasteiger partial charge is 0.268 e. The van der Waals surface area contributed by atoms with Gasteiger partial charge in [-0.2, -0.15) is 0 Å². The number of benzene rings is 1. The first-order chi connectivity index (χ1) is 9.63. The highest BCUT2D eigenvalue weighted by molar-refractivity contribution is 9.10. The number of carbonyl (C=O) groups excluding carboxylic acids is 1. The molecule has 3 nitrogen and oxygen atoms in total. The molecule has 0 saturated carbocycles. The fourth-order valence-corrected chi connectivity index (χ4v) is 3.88. The Hall–Kier alpha value is -0.910.